The zero-order valence-corrected chi connectivity index (χ0v) is 17.6. The lowest BCUT2D eigenvalue weighted by molar-refractivity contribution is 0.586. The van der Waals surface area contributed by atoms with Gasteiger partial charge >= 0.3 is 0 Å². The Morgan fingerprint density at radius 1 is 0.933 bits per heavy atom. The van der Waals surface area contributed by atoms with Crippen LogP contribution in [0.5, 0.6) is 0 Å². The van der Waals surface area contributed by atoms with Gasteiger partial charge in [-0.3, -0.25) is 0 Å². The fraction of sp³-hybridized carbons (Fsp3) is 0.250. The second-order valence-electron chi connectivity index (χ2n) is 7.69. The van der Waals surface area contributed by atoms with Gasteiger partial charge in [0.1, 0.15) is 6.33 Å². The van der Waals surface area contributed by atoms with E-state index in [-0.39, 0.29) is 15.5 Å². The highest BCUT2D eigenvalue weighted by molar-refractivity contribution is 7.93. The van der Waals surface area contributed by atoms with Crippen LogP contribution in [0.3, 0.4) is 0 Å². The van der Waals surface area contributed by atoms with Crippen LogP contribution in [0, 0.1) is 5.41 Å². The van der Waals surface area contributed by atoms with Gasteiger partial charge in [0, 0.05) is 5.41 Å². The van der Waals surface area contributed by atoms with Crippen molar-refractivity contribution in [3.8, 4) is 0 Å². The summed E-state index contributed by atoms with van der Waals surface area (Å²) in [5, 5.41) is 11.5. The Kier molecular flexibility index (Phi) is 4.03. The van der Waals surface area contributed by atoms with Crippen LogP contribution in [0.4, 0.5) is 0 Å². The molecule has 0 amide bonds. The molecular formula is C20H18N4O4S2. The van der Waals surface area contributed by atoms with Crippen LogP contribution in [-0.4, -0.2) is 48.4 Å². The van der Waals surface area contributed by atoms with Gasteiger partial charge in [0.05, 0.1) is 32.4 Å². The Labute approximate surface area is 174 Å². The molecule has 3 aromatic rings. The van der Waals surface area contributed by atoms with Crippen LogP contribution < -0.4 is 0 Å². The average molecular weight is 443 g/mol. The summed E-state index contributed by atoms with van der Waals surface area (Å²) in [5.74, 6) is -0.450. The van der Waals surface area contributed by atoms with E-state index in [1.165, 1.54) is 23.1 Å². The van der Waals surface area contributed by atoms with Crippen molar-refractivity contribution >= 4 is 25.4 Å². The van der Waals surface area contributed by atoms with E-state index in [0.717, 1.165) is 0 Å². The molecule has 1 aromatic heterocycles. The number of fused-ring (bicyclic) bond motifs is 3. The number of rotatable bonds is 5. The van der Waals surface area contributed by atoms with Gasteiger partial charge in [-0.1, -0.05) is 43.3 Å². The van der Waals surface area contributed by atoms with Gasteiger partial charge in [-0.2, -0.15) is 5.10 Å². The quantitative estimate of drug-likeness (QED) is 0.597. The number of hydrogen-bond acceptors (Lipinski definition) is 7. The third-order valence-electron chi connectivity index (χ3n) is 5.95. The fourth-order valence-electron chi connectivity index (χ4n) is 4.31. The van der Waals surface area contributed by atoms with E-state index in [2.05, 4.69) is 15.3 Å². The normalized spacial score (nSPS) is 25.2. The predicted molar refractivity (Wildman–Crippen MR) is 110 cm³/mol. The number of aromatic nitrogens is 3. The maximum atomic E-state index is 13.4. The van der Waals surface area contributed by atoms with E-state index in [4.69, 9.17) is 0 Å². The van der Waals surface area contributed by atoms with Gasteiger partial charge in [-0.25, -0.2) is 21.5 Å². The van der Waals surface area contributed by atoms with E-state index in [1.54, 1.807) is 55.5 Å². The molecule has 2 heterocycles. The van der Waals surface area contributed by atoms with Crippen LogP contribution >= 0.6 is 0 Å². The third kappa shape index (κ3) is 2.67. The van der Waals surface area contributed by atoms with Crippen molar-refractivity contribution in [2.24, 2.45) is 10.5 Å². The van der Waals surface area contributed by atoms with Crippen LogP contribution in [-0.2, 0) is 19.7 Å². The Hall–Kier alpha value is -2.85. The molecule has 1 aliphatic heterocycles. The zero-order valence-electron chi connectivity index (χ0n) is 16.0. The van der Waals surface area contributed by atoms with Crippen LogP contribution in [0.1, 0.15) is 18.7 Å². The molecule has 8 nitrogen and oxygen atoms in total. The lowest BCUT2D eigenvalue weighted by atomic mass is 9.99. The minimum atomic E-state index is -3.74. The first kappa shape index (κ1) is 19.1. The molecule has 10 heteroatoms. The lowest BCUT2D eigenvalue weighted by Crippen LogP contribution is -2.31. The smallest absolute Gasteiger partial charge is 0.183 e. The van der Waals surface area contributed by atoms with E-state index in [9.17, 15) is 16.8 Å². The molecule has 0 radical (unpaired) electrons. The summed E-state index contributed by atoms with van der Waals surface area (Å²) in [5.41, 5.74) is -0.673. The molecule has 1 aliphatic carbocycles. The molecule has 5 rings (SSSR count). The Balaban J connectivity index is 1.60. The summed E-state index contributed by atoms with van der Waals surface area (Å²) in [6.45, 7) is 1.75. The monoisotopic (exact) mass is 442 g/mol. The van der Waals surface area contributed by atoms with Gasteiger partial charge in [0.2, 0.25) is 0 Å². The molecule has 2 aliphatic rings. The van der Waals surface area contributed by atoms with Crippen molar-refractivity contribution in [2.75, 3.05) is 5.75 Å². The van der Waals surface area contributed by atoms with Crippen molar-refractivity contribution in [3.63, 3.8) is 0 Å². The summed E-state index contributed by atoms with van der Waals surface area (Å²) >= 11 is 0. The highest BCUT2D eigenvalue weighted by Gasteiger charge is 2.74. The molecular weight excluding hydrogens is 424 g/mol. The summed E-state index contributed by atoms with van der Waals surface area (Å²) in [7, 11) is -7.44. The molecule has 1 saturated carbocycles. The van der Waals surface area contributed by atoms with Gasteiger partial charge in [-0.15, -0.1) is 10.2 Å². The molecule has 30 heavy (non-hydrogen) atoms. The minimum absolute atomic E-state index is 0.172. The molecule has 2 aromatic carbocycles. The minimum Gasteiger partial charge on any atom is -0.223 e. The van der Waals surface area contributed by atoms with Gasteiger partial charge < -0.3 is 0 Å². The van der Waals surface area contributed by atoms with Crippen molar-refractivity contribution in [1.82, 2.24) is 14.9 Å². The standard InChI is InChI=1S/C20H18N4O4S2/c1-20-16(12-29(25,26)14-8-4-2-5-9-14)23-24-13-21-22-19(24)17(20)18(20)30(27,28)15-10-6-3-7-11-15/h2-11,13,17-18H,12H2,1H3/t17-,18+,20+/m1/s1. The lowest BCUT2D eigenvalue weighted by Gasteiger charge is -2.19. The first-order valence-electron chi connectivity index (χ1n) is 9.31. The molecule has 154 valence electrons. The number of hydrogen-bond donors (Lipinski definition) is 0. The fourth-order valence-corrected chi connectivity index (χ4v) is 8.22. The third-order valence-corrected chi connectivity index (χ3v) is 9.95. The largest absolute Gasteiger partial charge is 0.223 e. The van der Waals surface area contributed by atoms with Crippen molar-refractivity contribution in [1.29, 1.82) is 0 Å². The highest BCUT2D eigenvalue weighted by atomic mass is 32.2. The maximum absolute atomic E-state index is 13.4. The molecule has 0 spiro atoms. The van der Waals surface area contributed by atoms with Crippen LogP contribution in [0.15, 0.2) is 81.9 Å². The average Bonchev–Trinajstić information content (AvgIpc) is 3.15. The van der Waals surface area contributed by atoms with Gasteiger partial charge in [0.25, 0.3) is 0 Å². The van der Waals surface area contributed by atoms with E-state index >= 15 is 0 Å². The van der Waals surface area contributed by atoms with Crippen molar-refractivity contribution in [3.05, 3.63) is 72.8 Å². The summed E-state index contributed by atoms with van der Waals surface area (Å²) in [6, 6.07) is 16.3. The van der Waals surface area contributed by atoms with Gasteiger partial charge in [-0.05, 0) is 24.3 Å². The zero-order chi connectivity index (χ0) is 21.1. The van der Waals surface area contributed by atoms with E-state index in [1.807, 2.05) is 0 Å². The summed E-state index contributed by atoms with van der Waals surface area (Å²) in [6.07, 6.45) is 1.37. The second kappa shape index (κ2) is 6.32. The Bertz CT molecular complexity index is 1370. The predicted octanol–water partition coefficient (Wildman–Crippen LogP) is 1.92. The van der Waals surface area contributed by atoms with Crippen LogP contribution in [0.2, 0.25) is 0 Å². The number of sulfone groups is 2. The van der Waals surface area contributed by atoms with Crippen molar-refractivity contribution in [2.45, 2.75) is 27.9 Å². The second-order valence-corrected chi connectivity index (χ2v) is 11.8. The Morgan fingerprint density at radius 2 is 1.53 bits per heavy atom. The Morgan fingerprint density at radius 3 is 2.17 bits per heavy atom. The first-order valence-corrected chi connectivity index (χ1v) is 12.5. The molecule has 0 bridgehead atoms. The van der Waals surface area contributed by atoms with E-state index in [0.29, 0.717) is 11.5 Å². The van der Waals surface area contributed by atoms with Crippen molar-refractivity contribution < 1.29 is 16.8 Å². The highest BCUT2D eigenvalue weighted by Crippen LogP contribution is 2.65. The molecule has 0 N–H and O–H groups in total. The SMILES string of the molecule is C[C@]12C(CS(=O)(=O)c3ccccc3)=Nn3cnnc3[C@H]1[C@@H]2S(=O)(=O)c1ccccc1. The molecule has 0 saturated heterocycles. The molecule has 0 unspecified atom stereocenters. The number of benzene rings is 2. The van der Waals surface area contributed by atoms with Crippen LogP contribution in [0.25, 0.3) is 0 Å². The summed E-state index contributed by atoms with van der Waals surface area (Å²) < 4.78 is 54.3. The molecule has 1 fully saturated rings. The van der Waals surface area contributed by atoms with E-state index < -0.39 is 36.3 Å². The topological polar surface area (TPSA) is 111 Å². The molecule has 3 atom stereocenters. The summed E-state index contributed by atoms with van der Waals surface area (Å²) in [4.78, 5) is 0.368. The number of nitrogens with zero attached hydrogens (tertiary/aromatic N) is 4. The van der Waals surface area contributed by atoms with Gasteiger partial charge in [0.15, 0.2) is 25.5 Å². The first-order chi connectivity index (χ1) is 14.3. The maximum Gasteiger partial charge on any atom is 0.183 e.